The number of hydrogen-bond donors (Lipinski definition) is 2. The van der Waals surface area contributed by atoms with Gasteiger partial charge in [-0.2, -0.15) is 0 Å². The van der Waals surface area contributed by atoms with Gasteiger partial charge >= 0.3 is 0 Å². The predicted octanol–water partition coefficient (Wildman–Crippen LogP) is 4.29. The molecule has 0 atom stereocenters. The third-order valence-electron chi connectivity index (χ3n) is 4.15. The number of anilines is 1. The fraction of sp³-hybridized carbons (Fsp3) is 0.136. The van der Waals surface area contributed by atoms with Crippen molar-refractivity contribution in [2.45, 2.75) is 6.54 Å². The maximum absolute atomic E-state index is 13.5. The van der Waals surface area contributed by atoms with Gasteiger partial charge in [-0.15, -0.1) is 0 Å². The highest BCUT2D eigenvalue weighted by atomic mass is 35.5. The van der Waals surface area contributed by atoms with Gasteiger partial charge in [-0.3, -0.25) is 15.1 Å². The van der Waals surface area contributed by atoms with Crippen LogP contribution in [0.3, 0.4) is 0 Å². The Hall–Kier alpha value is -3.65. The van der Waals surface area contributed by atoms with E-state index in [4.69, 9.17) is 21.1 Å². The highest BCUT2D eigenvalue weighted by Crippen LogP contribution is 2.23. The van der Waals surface area contributed by atoms with Crippen molar-refractivity contribution in [1.82, 2.24) is 10.3 Å². The van der Waals surface area contributed by atoms with Gasteiger partial charge in [0.15, 0.2) is 0 Å². The fourth-order valence-electron chi connectivity index (χ4n) is 2.59. The van der Waals surface area contributed by atoms with Crippen LogP contribution >= 0.6 is 11.6 Å². The zero-order chi connectivity index (χ0) is 22.2. The van der Waals surface area contributed by atoms with Gasteiger partial charge in [-0.1, -0.05) is 17.7 Å². The van der Waals surface area contributed by atoms with Crippen LogP contribution in [0.25, 0.3) is 0 Å². The number of rotatable bonds is 6. The Morgan fingerprint density at radius 1 is 1.10 bits per heavy atom. The van der Waals surface area contributed by atoms with Crippen LogP contribution in [0.4, 0.5) is 10.1 Å². The van der Waals surface area contributed by atoms with Crippen LogP contribution in [0, 0.1) is 5.82 Å². The Labute approximate surface area is 183 Å². The standard InChI is InChI=1S/C22H20ClFN4O3/c1-30-17-9-14(10-18(12-17)31-2)21(29)28-22(26-13-16-5-3-4-8-25-16)27-15-6-7-20(24)19(23)11-15/h3-12H,13H2,1-2H3,(H2,26,27,28,29). The van der Waals surface area contributed by atoms with Crippen LogP contribution in [0.2, 0.25) is 5.02 Å². The molecule has 1 heterocycles. The summed E-state index contributed by atoms with van der Waals surface area (Å²) < 4.78 is 23.9. The number of methoxy groups -OCH3 is 2. The van der Waals surface area contributed by atoms with E-state index >= 15 is 0 Å². The lowest BCUT2D eigenvalue weighted by Gasteiger charge is -2.13. The molecule has 0 spiro atoms. The molecule has 3 aromatic rings. The van der Waals surface area contributed by atoms with Gasteiger partial charge in [0, 0.05) is 23.5 Å². The summed E-state index contributed by atoms with van der Waals surface area (Å²) in [5.74, 6) is 0.0778. The fourth-order valence-corrected chi connectivity index (χ4v) is 2.77. The molecule has 160 valence electrons. The number of halogens is 2. The predicted molar refractivity (Wildman–Crippen MR) is 117 cm³/mol. The number of hydrogen-bond acceptors (Lipinski definition) is 5. The summed E-state index contributed by atoms with van der Waals surface area (Å²) in [5.41, 5.74) is 1.46. The monoisotopic (exact) mass is 442 g/mol. The number of nitrogens with zero attached hydrogens (tertiary/aromatic N) is 2. The maximum Gasteiger partial charge on any atom is 0.258 e. The number of guanidine groups is 1. The average molecular weight is 443 g/mol. The van der Waals surface area contributed by atoms with E-state index in [0.717, 1.165) is 0 Å². The molecule has 0 bridgehead atoms. The van der Waals surface area contributed by atoms with E-state index in [1.54, 1.807) is 30.5 Å². The summed E-state index contributed by atoms with van der Waals surface area (Å²) in [7, 11) is 2.99. The molecule has 0 saturated heterocycles. The number of nitrogens with one attached hydrogen (secondary N) is 2. The molecule has 2 N–H and O–H groups in total. The molecular weight excluding hydrogens is 423 g/mol. The molecule has 31 heavy (non-hydrogen) atoms. The lowest BCUT2D eigenvalue weighted by atomic mass is 10.2. The molecule has 0 aliphatic rings. The largest absolute Gasteiger partial charge is 0.497 e. The van der Waals surface area contributed by atoms with Crippen LogP contribution in [0.1, 0.15) is 16.1 Å². The summed E-state index contributed by atoms with van der Waals surface area (Å²) in [4.78, 5) is 21.5. The first-order valence-corrected chi connectivity index (χ1v) is 9.57. The van der Waals surface area contributed by atoms with Gasteiger partial charge in [0.1, 0.15) is 17.3 Å². The zero-order valence-electron chi connectivity index (χ0n) is 16.9. The van der Waals surface area contributed by atoms with E-state index in [1.165, 1.54) is 32.4 Å². The number of carbonyl (C=O) groups is 1. The van der Waals surface area contributed by atoms with Gasteiger partial charge in [-0.05, 0) is 42.5 Å². The number of aromatic nitrogens is 1. The molecule has 0 unspecified atom stereocenters. The van der Waals surface area contributed by atoms with Crippen molar-refractivity contribution < 1.29 is 18.7 Å². The number of aliphatic imine (C=N–C) groups is 1. The summed E-state index contributed by atoms with van der Waals surface area (Å²) in [6.45, 7) is 0.208. The lowest BCUT2D eigenvalue weighted by Crippen LogP contribution is -2.36. The van der Waals surface area contributed by atoms with E-state index in [2.05, 4.69) is 20.6 Å². The number of ether oxygens (including phenoxy) is 2. The van der Waals surface area contributed by atoms with E-state index < -0.39 is 11.7 Å². The van der Waals surface area contributed by atoms with Crippen molar-refractivity contribution >= 4 is 29.2 Å². The minimum atomic E-state index is -0.549. The molecule has 0 saturated carbocycles. The Kier molecular flexibility index (Phi) is 7.40. The van der Waals surface area contributed by atoms with Crippen LogP contribution in [0.5, 0.6) is 11.5 Å². The zero-order valence-corrected chi connectivity index (χ0v) is 17.6. The smallest absolute Gasteiger partial charge is 0.258 e. The third-order valence-corrected chi connectivity index (χ3v) is 4.44. The van der Waals surface area contributed by atoms with E-state index in [0.29, 0.717) is 28.4 Å². The Bertz CT molecular complexity index is 1070. The number of pyridine rings is 1. The van der Waals surface area contributed by atoms with E-state index in [9.17, 15) is 9.18 Å². The van der Waals surface area contributed by atoms with E-state index in [1.807, 2.05) is 12.1 Å². The molecular formula is C22H20ClFN4O3. The molecule has 2 aromatic carbocycles. The lowest BCUT2D eigenvalue weighted by molar-refractivity contribution is 0.0976. The Morgan fingerprint density at radius 2 is 1.84 bits per heavy atom. The molecule has 9 heteroatoms. The van der Waals surface area contributed by atoms with Gasteiger partial charge in [0.25, 0.3) is 5.91 Å². The minimum absolute atomic E-state index is 0.0575. The molecule has 1 aromatic heterocycles. The topological polar surface area (TPSA) is 84.8 Å². The second-order valence-corrected chi connectivity index (χ2v) is 6.70. The summed E-state index contributed by atoms with van der Waals surface area (Å²) in [6.07, 6.45) is 1.65. The molecule has 0 fully saturated rings. The summed E-state index contributed by atoms with van der Waals surface area (Å²) >= 11 is 5.86. The Morgan fingerprint density at radius 3 is 2.45 bits per heavy atom. The van der Waals surface area contributed by atoms with Gasteiger partial charge in [0.05, 0.1) is 31.5 Å². The molecule has 7 nitrogen and oxygen atoms in total. The van der Waals surface area contributed by atoms with Gasteiger partial charge < -0.3 is 14.8 Å². The first-order valence-electron chi connectivity index (χ1n) is 9.19. The van der Waals surface area contributed by atoms with Crippen molar-refractivity contribution in [3.05, 3.63) is 82.9 Å². The number of carbonyl (C=O) groups excluding carboxylic acids is 1. The number of amides is 1. The van der Waals surface area contributed by atoms with Crippen molar-refractivity contribution in [2.24, 2.45) is 4.99 Å². The second-order valence-electron chi connectivity index (χ2n) is 6.30. The van der Waals surface area contributed by atoms with Crippen molar-refractivity contribution in [2.75, 3.05) is 19.5 Å². The third kappa shape index (κ3) is 6.16. The van der Waals surface area contributed by atoms with Crippen LogP contribution in [-0.2, 0) is 6.54 Å². The number of benzene rings is 2. The van der Waals surface area contributed by atoms with Crippen LogP contribution in [-0.4, -0.2) is 31.1 Å². The molecule has 3 rings (SSSR count). The summed E-state index contributed by atoms with van der Waals surface area (Å²) in [5, 5.41) is 5.61. The summed E-state index contributed by atoms with van der Waals surface area (Å²) in [6, 6.07) is 14.3. The molecule has 0 aliphatic carbocycles. The van der Waals surface area contributed by atoms with Crippen molar-refractivity contribution in [3.63, 3.8) is 0 Å². The maximum atomic E-state index is 13.5. The van der Waals surface area contributed by atoms with Crippen LogP contribution in [0.15, 0.2) is 65.8 Å². The highest BCUT2D eigenvalue weighted by Gasteiger charge is 2.13. The first kappa shape index (κ1) is 22.0. The van der Waals surface area contributed by atoms with Crippen LogP contribution < -0.4 is 20.1 Å². The highest BCUT2D eigenvalue weighted by molar-refractivity contribution is 6.31. The average Bonchev–Trinajstić information content (AvgIpc) is 2.80. The normalized spacial score (nSPS) is 11.0. The minimum Gasteiger partial charge on any atom is -0.497 e. The molecule has 0 aliphatic heterocycles. The Balaban J connectivity index is 1.86. The van der Waals surface area contributed by atoms with Gasteiger partial charge in [-0.25, -0.2) is 9.38 Å². The van der Waals surface area contributed by atoms with Crippen molar-refractivity contribution in [1.29, 1.82) is 0 Å². The van der Waals surface area contributed by atoms with Crippen molar-refractivity contribution in [3.8, 4) is 11.5 Å². The quantitative estimate of drug-likeness (QED) is 0.439. The van der Waals surface area contributed by atoms with E-state index in [-0.39, 0.29) is 17.5 Å². The first-order chi connectivity index (χ1) is 15.0. The second kappa shape index (κ2) is 10.4. The molecule has 0 radical (unpaired) electrons. The SMILES string of the molecule is COc1cc(OC)cc(C(=O)NC(=NCc2ccccn2)Nc2ccc(F)c(Cl)c2)c1. The molecule has 1 amide bonds. The van der Waals surface area contributed by atoms with Gasteiger partial charge in [0.2, 0.25) is 5.96 Å².